The first-order valence-corrected chi connectivity index (χ1v) is 17.3. The molecule has 0 unspecified atom stereocenters. The van der Waals surface area contributed by atoms with Crippen LogP contribution in [0.25, 0.3) is 44.2 Å². The Balaban J connectivity index is 1.22. The summed E-state index contributed by atoms with van der Waals surface area (Å²) in [7, 11) is 0. The number of guanidine groups is 1. The number of hydrogen-bond acceptors (Lipinski definition) is 7. The number of para-hydroxylation sites is 2. The van der Waals surface area contributed by atoms with Gasteiger partial charge < -0.3 is 24.3 Å². The number of benzene rings is 4. The molecule has 1 aromatic heterocycles. The molecular formula is C39H41N3O7S. The van der Waals surface area contributed by atoms with Gasteiger partial charge in [0.05, 0.1) is 0 Å². The van der Waals surface area contributed by atoms with Crippen molar-refractivity contribution in [2.45, 2.75) is 64.5 Å². The second-order valence-electron chi connectivity index (χ2n) is 13.7. The van der Waals surface area contributed by atoms with Gasteiger partial charge in [-0.1, -0.05) is 84.9 Å². The summed E-state index contributed by atoms with van der Waals surface area (Å²) >= 11 is 1.38. The Morgan fingerprint density at radius 2 is 1.38 bits per heavy atom. The number of thioether (sulfide) groups is 1. The molecule has 3 N–H and O–H groups in total. The second kappa shape index (κ2) is 15.1. The lowest BCUT2D eigenvalue weighted by atomic mass is 9.98. The summed E-state index contributed by atoms with van der Waals surface area (Å²) in [6, 6.07) is 29.5. The van der Waals surface area contributed by atoms with Crippen LogP contribution in [0.1, 0.15) is 47.1 Å². The van der Waals surface area contributed by atoms with E-state index in [1.165, 1.54) is 11.8 Å². The number of aliphatic carboxylic acids is 1. The predicted octanol–water partition coefficient (Wildman–Crippen LogP) is 9.01. The number of carbonyl (C=O) groups excluding carboxylic acids is 2. The summed E-state index contributed by atoms with van der Waals surface area (Å²) in [5.74, 6) is -0.925. The van der Waals surface area contributed by atoms with Crippen LogP contribution in [0.4, 0.5) is 9.59 Å². The van der Waals surface area contributed by atoms with Crippen LogP contribution in [-0.2, 0) is 20.0 Å². The maximum atomic E-state index is 12.4. The van der Waals surface area contributed by atoms with Crippen molar-refractivity contribution in [3.63, 3.8) is 0 Å². The molecule has 50 heavy (non-hydrogen) atoms. The molecular weight excluding hydrogens is 655 g/mol. The highest BCUT2D eigenvalue weighted by Gasteiger charge is 2.24. The average Bonchev–Trinajstić information content (AvgIpc) is 3.42. The van der Waals surface area contributed by atoms with Crippen molar-refractivity contribution in [2.75, 3.05) is 5.75 Å². The third-order valence-electron chi connectivity index (χ3n) is 7.27. The van der Waals surface area contributed by atoms with Gasteiger partial charge in [-0.15, -0.1) is 4.99 Å². The quantitative estimate of drug-likeness (QED) is 0.107. The van der Waals surface area contributed by atoms with E-state index in [0.717, 1.165) is 49.8 Å². The molecule has 5 aromatic rings. The number of fused-ring (bicyclic) bond motifs is 3. The van der Waals surface area contributed by atoms with Crippen LogP contribution in [0, 0.1) is 0 Å². The summed E-state index contributed by atoms with van der Waals surface area (Å²) in [5, 5.41) is 17.1. The molecule has 1 atom stereocenters. The van der Waals surface area contributed by atoms with E-state index in [2.05, 4.69) is 64.2 Å². The fraction of sp³-hybridized carbons (Fsp3) is 0.282. The van der Waals surface area contributed by atoms with Crippen LogP contribution in [0.3, 0.4) is 0 Å². The molecule has 0 saturated heterocycles. The Morgan fingerprint density at radius 1 is 0.780 bits per heavy atom. The van der Waals surface area contributed by atoms with E-state index in [-0.39, 0.29) is 11.7 Å². The van der Waals surface area contributed by atoms with Crippen molar-refractivity contribution in [2.24, 2.45) is 4.99 Å². The number of carboxylic acids is 1. The van der Waals surface area contributed by atoms with Crippen molar-refractivity contribution >= 4 is 57.8 Å². The van der Waals surface area contributed by atoms with Gasteiger partial charge in [-0.25, -0.2) is 14.4 Å². The third-order valence-corrected chi connectivity index (χ3v) is 8.37. The zero-order valence-electron chi connectivity index (χ0n) is 28.9. The summed E-state index contributed by atoms with van der Waals surface area (Å²) in [6.07, 6.45) is -1.89. The van der Waals surface area contributed by atoms with Gasteiger partial charge in [0, 0.05) is 27.8 Å². The van der Waals surface area contributed by atoms with Crippen LogP contribution in [-0.4, -0.2) is 52.2 Å². The molecule has 10 nitrogen and oxygen atoms in total. The largest absolute Gasteiger partial charge is 0.480 e. The van der Waals surface area contributed by atoms with Crippen LogP contribution >= 0.6 is 11.8 Å². The Hall–Kier alpha value is -5.29. The van der Waals surface area contributed by atoms with Gasteiger partial charge in [0.1, 0.15) is 28.4 Å². The number of aliphatic imine (C=N–C) groups is 1. The lowest BCUT2D eigenvalue weighted by Crippen LogP contribution is -2.51. The Kier molecular flexibility index (Phi) is 10.9. The topological polar surface area (TPSA) is 139 Å². The molecule has 4 aromatic carbocycles. The van der Waals surface area contributed by atoms with Gasteiger partial charge in [0.15, 0.2) is 0 Å². The van der Waals surface area contributed by atoms with Gasteiger partial charge >= 0.3 is 18.2 Å². The summed E-state index contributed by atoms with van der Waals surface area (Å²) < 4.78 is 16.7. The SMILES string of the molecule is CC(C)(C)OC(=O)/N=C(/NC(=O)OC(C)(C)C)N[C@@H](CSCc1ccc(-c2ccc(-c3cccc4c3oc3ccccc34)cc2)cc1)C(=O)O. The van der Waals surface area contributed by atoms with Gasteiger partial charge in [-0.05, 0) is 69.9 Å². The molecule has 2 amide bonds. The lowest BCUT2D eigenvalue weighted by molar-refractivity contribution is -0.138. The van der Waals surface area contributed by atoms with Crippen molar-refractivity contribution in [3.8, 4) is 22.3 Å². The van der Waals surface area contributed by atoms with Crippen molar-refractivity contribution in [3.05, 3.63) is 96.6 Å². The molecule has 0 aliphatic carbocycles. The zero-order valence-corrected chi connectivity index (χ0v) is 29.7. The highest BCUT2D eigenvalue weighted by Crippen LogP contribution is 2.36. The maximum absolute atomic E-state index is 12.4. The second-order valence-corrected chi connectivity index (χ2v) is 14.7. The lowest BCUT2D eigenvalue weighted by Gasteiger charge is -2.22. The van der Waals surface area contributed by atoms with Crippen LogP contribution in [0.2, 0.25) is 0 Å². The number of carbonyl (C=O) groups is 3. The molecule has 0 spiro atoms. The van der Waals surface area contributed by atoms with E-state index in [1.807, 2.05) is 42.5 Å². The first kappa shape index (κ1) is 36.0. The summed E-state index contributed by atoms with van der Waals surface area (Å²) in [6.45, 7) is 10.0. The van der Waals surface area contributed by atoms with Crippen molar-refractivity contribution in [1.82, 2.24) is 10.6 Å². The number of carboxylic acid groups (broad SMARTS) is 1. The molecule has 0 aliphatic rings. The molecule has 0 radical (unpaired) electrons. The highest BCUT2D eigenvalue weighted by atomic mass is 32.2. The molecule has 260 valence electrons. The number of hydrogen-bond donors (Lipinski definition) is 3. The van der Waals surface area contributed by atoms with E-state index < -0.39 is 35.4 Å². The summed E-state index contributed by atoms with van der Waals surface area (Å²) in [5.41, 5.74) is 5.29. The van der Waals surface area contributed by atoms with Crippen molar-refractivity contribution < 1.29 is 33.4 Å². The van der Waals surface area contributed by atoms with E-state index >= 15 is 0 Å². The number of rotatable bonds is 8. The number of amides is 2. The number of ether oxygens (including phenoxy) is 2. The van der Waals surface area contributed by atoms with E-state index in [4.69, 9.17) is 13.9 Å². The Morgan fingerprint density at radius 3 is 2.02 bits per heavy atom. The average molecular weight is 696 g/mol. The number of nitrogens with zero attached hydrogens (tertiary/aromatic N) is 1. The van der Waals surface area contributed by atoms with Gasteiger partial charge in [-0.3, -0.25) is 5.32 Å². The standard InChI is InChI=1S/C39H41N3O7S/c1-38(2,3)48-36(45)41-35(42-37(46)49-39(4,5)6)40-31(34(43)44)23-50-22-24-14-16-25(17-15-24)26-18-20-27(21-19-26)28-11-9-12-30-29-10-7-8-13-32(29)47-33(28)30/h7-21,31H,22-23H2,1-6H3,(H,43,44)(H2,40,41,42,45,46)/t31-/m0/s1. The smallest absolute Gasteiger partial charge is 0.437 e. The van der Waals surface area contributed by atoms with E-state index in [0.29, 0.717) is 5.75 Å². The van der Waals surface area contributed by atoms with Gasteiger partial charge in [0.2, 0.25) is 5.96 Å². The molecule has 0 fully saturated rings. The highest BCUT2D eigenvalue weighted by molar-refractivity contribution is 7.98. The third kappa shape index (κ3) is 9.66. The Labute approximate surface area is 295 Å². The van der Waals surface area contributed by atoms with Crippen molar-refractivity contribution in [1.29, 1.82) is 0 Å². The monoisotopic (exact) mass is 695 g/mol. The Bertz CT molecular complexity index is 2020. The molecule has 5 rings (SSSR count). The maximum Gasteiger partial charge on any atom is 0.437 e. The number of furan rings is 1. The fourth-order valence-electron chi connectivity index (χ4n) is 5.12. The molecule has 1 heterocycles. The minimum absolute atomic E-state index is 0.111. The number of alkyl carbamates (subject to hydrolysis) is 1. The summed E-state index contributed by atoms with van der Waals surface area (Å²) in [4.78, 5) is 40.7. The number of nitrogens with one attached hydrogen (secondary N) is 2. The normalized spacial score (nSPS) is 12.8. The van der Waals surface area contributed by atoms with Gasteiger partial charge in [0.25, 0.3) is 0 Å². The zero-order chi connectivity index (χ0) is 36.1. The molecule has 0 bridgehead atoms. The first-order valence-electron chi connectivity index (χ1n) is 16.1. The minimum Gasteiger partial charge on any atom is -0.480 e. The van der Waals surface area contributed by atoms with Gasteiger partial charge in [-0.2, -0.15) is 11.8 Å². The van der Waals surface area contributed by atoms with Crippen LogP contribution < -0.4 is 10.6 Å². The molecule has 0 saturated carbocycles. The van der Waals surface area contributed by atoms with Crippen LogP contribution in [0.5, 0.6) is 0 Å². The predicted molar refractivity (Wildman–Crippen MR) is 198 cm³/mol. The van der Waals surface area contributed by atoms with E-state index in [9.17, 15) is 19.5 Å². The minimum atomic E-state index is -1.18. The van der Waals surface area contributed by atoms with Crippen LogP contribution in [0.15, 0.2) is 100 Å². The molecule has 11 heteroatoms. The molecule has 0 aliphatic heterocycles. The van der Waals surface area contributed by atoms with E-state index in [1.54, 1.807) is 41.5 Å². The first-order chi connectivity index (χ1) is 23.6. The fourth-order valence-corrected chi connectivity index (χ4v) is 6.12.